The van der Waals surface area contributed by atoms with Crippen LogP contribution in [0.25, 0.3) is 0 Å². The van der Waals surface area contributed by atoms with E-state index in [2.05, 4.69) is 13.8 Å². The Hall–Kier alpha value is -0.180. The largest absolute Gasteiger partial charge is 0.286 e. The first-order valence-corrected chi connectivity index (χ1v) is 9.46. The summed E-state index contributed by atoms with van der Waals surface area (Å²) < 4.78 is 51.7. The Balaban J connectivity index is -0.000000197. The molecule has 0 aromatic heterocycles. The second kappa shape index (κ2) is 13.3. The van der Waals surface area contributed by atoms with E-state index in [0.29, 0.717) is 12.5 Å². The third-order valence-electron chi connectivity index (χ3n) is 1.46. The molecule has 0 aliphatic rings. The summed E-state index contributed by atoms with van der Waals surface area (Å²) in [7, 11) is -7.33. The van der Waals surface area contributed by atoms with Crippen LogP contribution in [0, 0.1) is 0 Å². The molecule has 0 rings (SSSR count). The Bertz CT molecular complexity index is 293. The average molecular weight is 306 g/mol. The Labute approximate surface area is 111 Å². The van der Waals surface area contributed by atoms with Crippen LogP contribution in [0.3, 0.4) is 0 Å². The van der Waals surface area contributed by atoms with Gasteiger partial charge in [0, 0.05) is 0 Å². The molecule has 0 unspecified atom stereocenters. The van der Waals surface area contributed by atoms with Crippen LogP contribution in [-0.2, 0) is 20.2 Å². The van der Waals surface area contributed by atoms with Gasteiger partial charge in [-0.25, -0.2) is 0 Å². The van der Waals surface area contributed by atoms with E-state index >= 15 is 0 Å². The Morgan fingerprint density at radius 2 is 0.833 bits per heavy atom. The van der Waals surface area contributed by atoms with Crippen molar-refractivity contribution in [2.45, 2.75) is 52.4 Å². The van der Waals surface area contributed by atoms with Crippen molar-refractivity contribution in [2.75, 3.05) is 12.5 Å². The van der Waals surface area contributed by atoms with Crippen LogP contribution in [0.2, 0.25) is 0 Å². The van der Waals surface area contributed by atoms with Crippen molar-refractivity contribution < 1.29 is 25.9 Å². The average Bonchev–Trinajstić information content (AvgIpc) is 2.07. The van der Waals surface area contributed by atoms with Crippen LogP contribution in [0.15, 0.2) is 0 Å². The third-order valence-corrected chi connectivity index (χ3v) is 1.46. The lowest BCUT2D eigenvalue weighted by molar-refractivity contribution is 0.488. The summed E-state index contributed by atoms with van der Waals surface area (Å²) in [6.07, 6.45) is 9.92. The molecule has 0 aromatic carbocycles. The minimum absolute atomic E-state index is 0.715. The van der Waals surface area contributed by atoms with Crippen LogP contribution < -0.4 is 0 Å². The number of hydrogen-bond acceptors (Lipinski definition) is 4. The molecule has 0 amide bonds. The lowest BCUT2D eigenvalue weighted by Gasteiger charge is -1.93. The highest BCUT2D eigenvalue weighted by Gasteiger charge is 1.83. The van der Waals surface area contributed by atoms with Crippen molar-refractivity contribution in [2.24, 2.45) is 0 Å². The molecule has 6 nitrogen and oxygen atoms in total. The SMILES string of the molecule is CCCCCCCC.CS(=O)(=O)O.CS(=O)(=O)O. The summed E-state index contributed by atoms with van der Waals surface area (Å²) in [4.78, 5) is 0. The Morgan fingerprint density at radius 1 is 0.667 bits per heavy atom. The predicted molar refractivity (Wildman–Crippen MR) is 74.0 cm³/mol. The van der Waals surface area contributed by atoms with Crippen molar-refractivity contribution in [1.29, 1.82) is 0 Å². The van der Waals surface area contributed by atoms with Crippen molar-refractivity contribution in [1.82, 2.24) is 0 Å². The van der Waals surface area contributed by atoms with Crippen LogP contribution in [0.1, 0.15) is 52.4 Å². The molecular weight excluding hydrogens is 280 g/mol. The van der Waals surface area contributed by atoms with Crippen molar-refractivity contribution in [3.63, 3.8) is 0 Å². The Kier molecular flexibility index (Phi) is 16.9. The minimum atomic E-state index is -3.67. The highest BCUT2D eigenvalue weighted by Crippen LogP contribution is 2.03. The highest BCUT2D eigenvalue weighted by atomic mass is 32.2. The molecule has 8 heteroatoms. The monoisotopic (exact) mass is 306 g/mol. The predicted octanol–water partition coefficient (Wildman–Crippen LogP) is 2.37. The fourth-order valence-electron chi connectivity index (χ4n) is 0.854. The molecule has 2 N–H and O–H groups in total. The maximum absolute atomic E-state index is 9.19. The summed E-state index contributed by atoms with van der Waals surface area (Å²) in [6.45, 7) is 4.51. The first kappa shape index (κ1) is 23.0. The van der Waals surface area contributed by atoms with E-state index in [0.717, 1.165) is 0 Å². The summed E-state index contributed by atoms with van der Waals surface area (Å²) >= 11 is 0. The molecule has 0 saturated carbocycles. The van der Waals surface area contributed by atoms with E-state index < -0.39 is 20.2 Å². The number of hydrogen-bond donors (Lipinski definition) is 2. The molecule has 0 atom stereocenters. The fraction of sp³-hybridized carbons (Fsp3) is 1.00. The molecule has 18 heavy (non-hydrogen) atoms. The molecule has 0 aromatic rings. The zero-order chi connectivity index (χ0) is 15.2. The van der Waals surface area contributed by atoms with Gasteiger partial charge in [-0.05, 0) is 0 Å². The summed E-state index contributed by atoms with van der Waals surface area (Å²) in [5.41, 5.74) is 0. The lowest BCUT2D eigenvalue weighted by atomic mass is 10.1. The van der Waals surface area contributed by atoms with E-state index in [1.54, 1.807) is 0 Å². The normalized spacial score (nSPS) is 10.8. The highest BCUT2D eigenvalue weighted by molar-refractivity contribution is 7.85. The fourth-order valence-corrected chi connectivity index (χ4v) is 0.854. The Morgan fingerprint density at radius 3 is 0.944 bits per heavy atom. The van der Waals surface area contributed by atoms with Gasteiger partial charge >= 0.3 is 0 Å². The molecule has 0 aliphatic heterocycles. The van der Waals surface area contributed by atoms with Gasteiger partial charge in [-0.3, -0.25) is 9.11 Å². The summed E-state index contributed by atoms with van der Waals surface area (Å²) in [6, 6.07) is 0. The van der Waals surface area contributed by atoms with Gasteiger partial charge in [0.15, 0.2) is 0 Å². The molecule has 0 spiro atoms. The van der Waals surface area contributed by atoms with E-state index in [4.69, 9.17) is 9.11 Å². The zero-order valence-corrected chi connectivity index (χ0v) is 13.2. The maximum Gasteiger partial charge on any atom is 0.261 e. The van der Waals surface area contributed by atoms with Crippen LogP contribution in [0.5, 0.6) is 0 Å². The summed E-state index contributed by atoms with van der Waals surface area (Å²) in [5.74, 6) is 0. The molecule has 0 heterocycles. The minimum Gasteiger partial charge on any atom is -0.286 e. The third kappa shape index (κ3) is 150. The van der Waals surface area contributed by atoms with E-state index in [1.807, 2.05) is 0 Å². The second-order valence-electron chi connectivity index (χ2n) is 3.88. The van der Waals surface area contributed by atoms with Gasteiger partial charge in [0.05, 0.1) is 12.5 Å². The molecule has 114 valence electrons. The van der Waals surface area contributed by atoms with Gasteiger partial charge < -0.3 is 0 Å². The molecule has 0 saturated heterocycles. The summed E-state index contributed by atoms with van der Waals surface area (Å²) in [5, 5.41) is 0. The van der Waals surface area contributed by atoms with Crippen LogP contribution in [0.4, 0.5) is 0 Å². The van der Waals surface area contributed by atoms with E-state index in [-0.39, 0.29) is 0 Å². The van der Waals surface area contributed by atoms with Crippen molar-refractivity contribution in [3.05, 3.63) is 0 Å². The van der Waals surface area contributed by atoms with Crippen LogP contribution in [-0.4, -0.2) is 38.5 Å². The first-order chi connectivity index (χ1) is 7.91. The van der Waals surface area contributed by atoms with Crippen molar-refractivity contribution in [3.8, 4) is 0 Å². The van der Waals surface area contributed by atoms with Gasteiger partial charge in [0.2, 0.25) is 0 Å². The molecule has 0 bridgehead atoms. The topological polar surface area (TPSA) is 109 Å². The molecular formula is C10H26O6S2. The number of unbranched alkanes of at least 4 members (excludes halogenated alkanes) is 5. The second-order valence-corrected chi connectivity index (χ2v) is 6.81. The molecule has 0 fully saturated rings. The maximum atomic E-state index is 9.19. The quantitative estimate of drug-likeness (QED) is 0.596. The van der Waals surface area contributed by atoms with Crippen LogP contribution >= 0.6 is 0 Å². The lowest BCUT2D eigenvalue weighted by Crippen LogP contribution is -1.88. The van der Waals surface area contributed by atoms with Gasteiger partial charge in [-0.15, -0.1) is 0 Å². The van der Waals surface area contributed by atoms with Gasteiger partial charge in [0.25, 0.3) is 20.2 Å². The van der Waals surface area contributed by atoms with Gasteiger partial charge in [-0.2, -0.15) is 16.8 Å². The van der Waals surface area contributed by atoms with Gasteiger partial charge in [0.1, 0.15) is 0 Å². The smallest absolute Gasteiger partial charge is 0.261 e. The van der Waals surface area contributed by atoms with E-state index in [9.17, 15) is 16.8 Å². The van der Waals surface area contributed by atoms with Crippen molar-refractivity contribution >= 4 is 20.2 Å². The molecule has 0 aliphatic carbocycles. The van der Waals surface area contributed by atoms with E-state index in [1.165, 1.54) is 38.5 Å². The zero-order valence-electron chi connectivity index (χ0n) is 11.6. The molecule has 0 radical (unpaired) electrons. The number of rotatable bonds is 5. The standard InChI is InChI=1S/C8H18.2CH4O3S/c1-3-5-7-8-6-4-2;2*1-5(2,3)4/h3-8H2,1-2H3;2*1H3,(H,2,3,4). The first-order valence-electron chi connectivity index (χ1n) is 5.76. The van der Waals surface area contributed by atoms with Gasteiger partial charge in [-0.1, -0.05) is 52.4 Å².